The zero-order valence-corrected chi connectivity index (χ0v) is 10.1. The van der Waals surface area contributed by atoms with Crippen LogP contribution < -0.4 is 10.5 Å². The van der Waals surface area contributed by atoms with Gasteiger partial charge in [-0.2, -0.15) is 0 Å². The molecule has 2 aromatic rings. The number of carbonyl (C=O) groups excluding carboxylic acids is 1. The number of aryl methyl sites for hydroxylation is 2. The summed E-state index contributed by atoms with van der Waals surface area (Å²) in [5.74, 6) is 1.12. The number of benzene rings is 1. The van der Waals surface area contributed by atoms with Gasteiger partial charge in [0.05, 0.1) is 13.3 Å². The number of rotatable bonds is 5. The molecule has 5 heteroatoms. The molecule has 2 rings (SSSR count). The second-order valence-electron chi connectivity index (χ2n) is 3.96. The second kappa shape index (κ2) is 5.35. The van der Waals surface area contributed by atoms with Crippen molar-refractivity contribution in [3.8, 4) is 5.75 Å². The minimum absolute atomic E-state index is 0.347. The fourth-order valence-corrected chi connectivity index (χ4v) is 1.67. The number of aromatic amines is 1. The van der Waals surface area contributed by atoms with Gasteiger partial charge >= 0.3 is 0 Å². The molecule has 94 valence electrons. The van der Waals surface area contributed by atoms with Crippen molar-refractivity contribution in [1.82, 2.24) is 9.97 Å². The van der Waals surface area contributed by atoms with Crippen LogP contribution in [0, 0.1) is 0 Å². The molecule has 0 aliphatic rings. The first-order valence-electron chi connectivity index (χ1n) is 5.65. The third kappa shape index (κ3) is 2.88. The zero-order chi connectivity index (χ0) is 13.0. The summed E-state index contributed by atoms with van der Waals surface area (Å²) in [7, 11) is 1.64. The molecule has 18 heavy (non-hydrogen) atoms. The molecule has 0 bridgehead atoms. The summed E-state index contributed by atoms with van der Waals surface area (Å²) in [6, 6.07) is 7.87. The summed E-state index contributed by atoms with van der Waals surface area (Å²) in [5, 5.41) is 0. The van der Waals surface area contributed by atoms with Crippen LogP contribution in [0.3, 0.4) is 0 Å². The molecule has 0 saturated carbocycles. The molecule has 0 radical (unpaired) electrons. The van der Waals surface area contributed by atoms with Crippen LogP contribution in [-0.4, -0.2) is 23.0 Å². The topological polar surface area (TPSA) is 81.0 Å². The van der Waals surface area contributed by atoms with Crippen molar-refractivity contribution in [2.24, 2.45) is 5.73 Å². The van der Waals surface area contributed by atoms with Crippen LogP contribution >= 0.6 is 0 Å². The molecule has 1 amide bonds. The molecule has 0 spiro atoms. The number of hydrogen-bond donors (Lipinski definition) is 2. The minimum Gasteiger partial charge on any atom is -0.497 e. The lowest BCUT2D eigenvalue weighted by Gasteiger charge is -2.02. The number of amides is 1. The lowest BCUT2D eigenvalue weighted by atomic mass is 10.1. The summed E-state index contributed by atoms with van der Waals surface area (Å²) in [5.41, 5.74) is 6.68. The third-order valence-corrected chi connectivity index (χ3v) is 2.70. The fraction of sp³-hybridized carbons (Fsp3) is 0.231. The summed E-state index contributed by atoms with van der Waals surface area (Å²) in [6.45, 7) is 0. The number of hydrogen-bond acceptors (Lipinski definition) is 3. The molecule has 0 atom stereocenters. The Balaban J connectivity index is 1.95. The molecule has 0 aliphatic carbocycles. The Kier molecular flexibility index (Phi) is 3.62. The van der Waals surface area contributed by atoms with Crippen LogP contribution in [0.1, 0.15) is 21.9 Å². The van der Waals surface area contributed by atoms with Gasteiger partial charge in [0.1, 0.15) is 17.3 Å². The molecule has 0 aliphatic heterocycles. The maximum absolute atomic E-state index is 10.9. The summed E-state index contributed by atoms with van der Waals surface area (Å²) < 4.78 is 5.09. The third-order valence-electron chi connectivity index (χ3n) is 2.70. The predicted octanol–water partition coefficient (Wildman–Crippen LogP) is 1.30. The lowest BCUT2D eigenvalue weighted by molar-refractivity contribution is 0.0996. The van der Waals surface area contributed by atoms with Crippen molar-refractivity contribution in [1.29, 1.82) is 0 Å². The summed E-state index contributed by atoms with van der Waals surface area (Å²) in [6.07, 6.45) is 3.04. The maximum Gasteiger partial charge on any atom is 0.266 e. The maximum atomic E-state index is 10.9. The van der Waals surface area contributed by atoms with Gasteiger partial charge in [0.2, 0.25) is 0 Å². The van der Waals surface area contributed by atoms with Gasteiger partial charge < -0.3 is 15.5 Å². The van der Waals surface area contributed by atoms with Gasteiger partial charge in [-0.15, -0.1) is 0 Å². The number of carbonyl (C=O) groups is 1. The minimum atomic E-state index is -0.488. The molecule has 0 fully saturated rings. The van der Waals surface area contributed by atoms with Crippen molar-refractivity contribution >= 4 is 5.91 Å². The first-order chi connectivity index (χ1) is 8.69. The summed E-state index contributed by atoms with van der Waals surface area (Å²) >= 11 is 0. The molecular weight excluding hydrogens is 230 g/mol. The first-order valence-corrected chi connectivity index (χ1v) is 5.65. The Hall–Kier alpha value is -2.30. The van der Waals surface area contributed by atoms with Crippen LogP contribution in [0.4, 0.5) is 0 Å². The van der Waals surface area contributed by atoms with E-state index in [2.05, 4.69) is 9.97 Å². The average molecular weight is 245 g/mol. The van der Waals surface area contributed by atoms with Crippen molar-refractivity contribution < 1.29 is 9.53 Å². The number of nitrogens with zero attached hydrogens (tertiary/aromatic N) is 1. The largest absolute Gasteiger partial charge is 0.497 e. The predicted molar refractivity (Wildman–Crippen MR) is 67.5 cm³/mol. The highest BCUT2D eigenvalue weighted by atomic mass is 16.5. The van der Waals surface area contributed by atoms with E-state index in [1.54, 1.807) is 7.11 Å². The van der Waals surface area contributed by atoms with Crippen molar-refractivity contribution in [2.75, 3.05) is 7.11 Å². The lowest BCUT2D eigenvalue weighted by Crippen LogP contribution is -2.11. The van der Waals surface area contributed by atoms with Crippen LogP contribution in [0.2, 0.25) is 0 Å². The van der Waals surface area contributed by atoms with Gasteiger partial charge in [0.15, 0.2) is 0 Å². The highest BCUT2D eigenvalue weighted by Gasteiger charge is 2.05. The number of methoxy groups -OCH3 is 1. The van der Waals surface area contributed by atoms with E-state index in [1.807, 2.05) is 24.3 Å². The number of ether oxygens (including phenoxy) is 1. The van der Waals surface area contributed by atoms with E-state index in [4.69, 9.17) is 10.5 Å². The van der Waals surface area contributed by atoms with Gasteiger partial charge in [0.25, 0.3) is 5.91 Å². The van der Waals surface area contributed by atoms with E-state index in [0.29, 0.717) is 5.69 Å². The number of nitrogens with one attached hydrogen (secondary N) is 1. The number of nitrogens with two attached hydrogens (primary N) is 1. The Morgan fingerprint density at radius 1 is 1.33 bits per heavy atom. The Morgan fingerprint density at radius 3 is 2.61 bits per heavy atom. The first kappa shape index (κ1) is 12.2. The standard InChI is InChI=1S/C13H15N3O2/c1-18-10-5-2-9(3-6-10)4-7-12-15-8-11(16-12)13(14)17/h2-3,5-6,8H,4,7H2,1H3,(H2,14,17)(H,15,16). The van der Waals surface area contributed by atoms with E-state index in [9.17, 15) is 4.79 Å². The zero-order valence-electron chi connectivity index (χ0n) is 10.1. The average Bonchev–Trinajstić information content (AvgIpc) is 2.86. The van der Waals surface area contributed by atoms with Crippen molar-refractivity contribution in [2.45, 2.75) is 12.8 Å². The van der Waals surface area contributed by atoms with Gasteiger partial charge in [0, 0.05) is 6.42 Å². The van der Waals surface area contributed by atoms with Crippen molar-refractivity contribution in [3.63, 3.8) is 0 Å². The Bertz CT molecular complexity index is 531. The van der Waals surface area contributed by atoms with Crippen LogP contribution in [-0.2, 0) is 12.8 Å². The molecule has 3 N–H and O–H groups in total. The SMILES string of the molecule is COc1ccc(CCc2ncc(C(N)=O)[nH]2)cc1. The monoisotopic (exact) mass is 245 g/mol. The van der Waals surface area contributed by atoms with E-state index in [1.165, 1.54) is 11.8 Å². The molecule has 1 aromatic carbocycles. The molecule has 1 heterocycles. The smallest absolute Gasteiger partial charge is 0.266 e. The molecule has 5 nitrogen and oxygen atoms in total. The Morgan fingerprint density at radius 2 is 2.06 bits per heavy atom. The number of H-pyrrole nitrogens is 1. The van der Waals surface area contributed by atoms with Crippen LogP contribution in [0.5, 0.6) is 5.75 Å². The summed E-state index contributed by atoms with van der Waals surface area (Å²) in [4.78, 5) is 17.9. The quantitative estimate of drug-likeness (QED) is 0.833. The molecule has 1 aromatic heterocycles. The molecule has 0 unspecified atom stereocenters. The Labute approximate surface area is 105 Å². The highest BCUT2D eigenvalue weighted by molar-refractivity contribution is 5.90. The second-order valence-corrected chi connectivity index (χ2v) is 3.96. The molecule has 0 saturated heterocycles. The van der Waals surface area contributed by atoms with Crippen LogP contribution in [0.25, 0.3) is 0 Å². The van der Waals surface area contributed by atoms with E-state index in [-0.39, 0.29) is 0 Å². The highest BCUT2D eigenvalue weighted by Crippen LogP contribution is 2.12. The van der Waals surface area contributed by atoms with E-state index < -0.39 is 5.91 Å². The normalized spacial score (nSPS) is 10.3. The van der Waals surface area contributed by atoms with E-state index in [0.717, 1.165) is 24.4 Å². The number of imidazole rings is 1. The van der Waals surface area contributed by atoms with Gasteiger partial charge in [-0.05, 0) is 24.1 Å². The van der Waals surface area contributed by atoms with Crippen LogP contribution in [0.15, 0.2) is 30.5 Å². The molecular formula is C13H15N3O2. The fourth-order valence-electron chi connectivity index (χ4n) is 1.67. The number of aromatic nitrogens is 2. The number of primary amides is 1. The van der Waals surface area contributed by atoms with Gasteiger partial charge in [-0.25, -0.2) is 4.98 Å². The van der Waals surface area contributed by atoms with E-state index >= 15 is 0 Å². The van der Waals surface area contributed by atoms with Gasteiger partial charge in [-0.1, -0.05) is 12.1 Å². The van der Waals surface area contributed by atoms with Crippen molar-refractivity contribution in [3.05, 3.63) is 47.5 Å². The van der Waals surface area contributed by atoms with Gasteiger partial charge in [-0.3, -0.25) is 4.79 Å².